The molecule has 0 bridgehead atoms. The zero-order valence-corrected chi connectivity index (χ0v) is 11.2. The van der Waals surface area contributed by atoms with Gasteiger partial charge in [0.15, 0.2) is 0 Å². The first kappa shape index (κ1) is 11.7. The van der Waals surface area contributed by atoms with Crippen LogP contribution in [-0.4, -0.2) is 48.9 Å². The molecule has 18 heavy (non-hydrogen) atoms. The summed E-state index contributed by atoms with van der Waals surface area (Å²) in [4.78, 5) is 16.8. The standard InChI is InChI=1S/C14H16N2OS/c1-15-6-8-16(9-7-15)14(17)12-4-2-3-11-5-10-18-13(11)12/h2-5,10H,6-9H2,1H3. The molecule has 3 nitrogen and oxygen atoms in total. The van der Waals surface area contributed by atoms with E-state index >= 15 is 0 Å². The van der Waals surface area contributed by atoms with Crippen LogP contribution in [0.3, 0.4) is 0 Å². The van der Waals surface area contributed by atoms with Crippen molar-refractivity contribution in [2.45, 2.75) is 0 Å². The Labute approximate surface area is 111 Å². The number of benzene rings is 1. The first-order valence-electron chi connectivity index (χ1n) is 6.20. The Kier molecular flexibility index (Phi) is 3.06. The third-order valence-corrected chi connectivity index (χ3v) is 4.46. The Morgan fingerprint density at radius 1 is 1.17 bits per heavy atom. The predicted octanol–water partition coefficient (Wildman–Crippen LogP) is 2.29. The fraction of sp³-hybridized carbons (Fsp3) is 0.357. The molecule has 0 atom stereocenters. The average Bonchev–Trinajstić information content (AvgIpc) is 2.87. The van der Waals surface area contributed by atoms with E-state index in [1.54, 1.807) is 11.3 Å². The van der Waals surface area contributed by atoms with Gasteiger partial charge in [-0.25, -0.2) is 0 Å². The Balaban J connectivity index is 1.90. The Bertz CT molecular complexity index is 570. The van der Waals surface area contributed by atoms with Gasteiger partial charge in [-0.15, -0.1) is 11.3 Å². The molecule has 1 aromatic heterocycles. The Morgan fingerprint density at radius 2 is 1.94 bits per heavy atom. The van der Waals surface area contributed by atoms with Gasteiger partial charge in [0, 0.05) is 30.9 Å². The summed E-state index contributed by atoms with van der Waals surface area (Å²) in [6.07, 6.45) is 0. The Hall–Kier alpha value is -1.39. The topological polar surface area (TPSA) is 23.6 Å². The number of likely N-dealkylation sites (N-methyl/N-ethyl adjacent to an activating group) is 1. The lowest BCUT2D eigenvalue weighted by molar-refractivity contribution is 0.0666. The summed E-state index contributed by atoms with van der Waals surface area (Å²) in [6.45, 7) is 3.59. The minimum Gasteiger partial charge on any atom is -0.336 e. The van der Waals surface area contributed by atoms with Crippen molar-refractivity contribution in [2.75, 3.05) is 33.2 Å². The molecule has 1 saturated heterocycles. The molecule has 3 rings (SSSR count). The molecule has 2 aromatic rings. The second-order valence-electron chi connectivity index (χ2n) is 4.74. The molecule has 0 aliphatic carbocycles. The van der Waals surface area contributed by atoms with Gasteiger partial charge in [-0.2, -0.15) is 0 Å². The number of hydrogen-bond donors (Lipinski definition) is 0. The number of rotatable bonds is 1. The lowest BCUT2D eigenvalue weighted by atomic mass is 10.1. The van der Waals surface area contributed by atoms with Crippen molar-refractivity contribution in [1.82, 2.24) is 9.80 Å². The zero-order chi connectivity index (χ0) is 12.5. The molecular weight excluding hydrogens is 244 g/mol. The molecule has 94 valence electrons. The van der Waals surface area contributed by atoms with E-state index in [-0.39, 0.29) is 5.91 Å². The number of nitrogens with zero attached hydrogens (tertiary/aromatic N) is 2. The number of carbonyl (C=O) groups is 1. The highest BCUT2D eigenvalue weighted by atomic mass is 32.1. The summed E-state index contributed by atoms with van der Waals surface area (Å²) in [5, 5.41) is 3.21. The van der Waals surface area contributed by atoms with Crippen molar-refractivity contribution in [3.63, 3.8) is 0 Å². The van der Waals surface area contributed by atoms with Gasteiger partial charge < -0.3 is 9.80 Å². The van der Waals surface area contributed by atoms with E-state index in [2.05, 4.69) is 24.1 Å². The van der Waals surface area contributed by atoms with Crippen LogP contribution in [-0.2, 0) is 0 Å². The molecule has 1 aromatic carbocycles. The minimum absolute atomic E-state index is 0.177. The first-order chi connectivity index (χ1) is 8.75. The van der Waals surface area contributed by atoms with Gasteiger partial charge in [0.05, 0.1) is 5.56 Å². The summed E-state index contributed by atoms with van der Waals surface area (Å²) in [5.41, 5.74) is 0.854. The molecule has 2 heterocycles. The summed E-state index contributed by atoms with van der Waals surface area (Å²) >= 11 is 1.65. The number of carbonyl (C=O) groups excluding carboxylic acids is 1. The second kappa shape index (κ2) is 4.71. The maximum Gasteiger partial charge on any atom is 0.255 e. The number of fused-ring (bicyclic) bond motifs is 1. The smallest absolute Gasteiger partial charge is 0.255 e. The van der Waals surface area contributed by atoms with Crippen molar-refractivity contribution in [3.8, 4) is 0 Å². The molecule has 0 N–H and O–H groups in total. The molecule has 0 unspecified atom stereocenters. The van der Waals surface area contributed by atoms with Crippen molar-refractivity contribution >= 4 is 27.3 Å². The van der Waals surface area contributed by atoms with E-state index < -0.39 is 0 Å². The maximum absolute atomic E-state index is 12.5. The van der Waals surface area contributed by atoms with Crippen LogP contribution < -0.4 is 0 Å². The van der Waals surface area contributed by atoms with E-state index in [4.69, 9.17) is 0 Å². The quantitative estimate of drug-likeness (QED) is 0.785. The minimum atomic E-state index is 0.177. The highest BCUT2D eigenvalue weighted by Crippen LogP contribution is 2.25. The van der Waals surface area contributed by atoms with Crippen molar-refractivity contribution in [2.24, 2.45) is 0 Å². The third kappa shape index (κ3) is 2.02. The molecule has 4 heteroatoms. The van der Waals surface area contributed by atoms with E-state index in [1.807, 2.05) is 22.4 Å². The Morgan fingerprint density at radius 3 is 2.72 bits per heavy atom. The lowest BCUT2D eigenvalue weighted by Gasteiger charge is -2.32. The van der Waals surface area contributed by atoms with Crippen LogP contribution in [0, 0.1) is 0 Å². The highest BCUT2D eigenvalue weighted by molar-refractivity contribution is 7.17. The molecule has 1 amide bonds. The summed E-state index contributed by atoms with van der Waals surface area (Å²) in [7, 11) is 2.10. The zero-order valence-electron chi connectivity index (χ0n) is 10.4. The molecule has 0 saturated carbocycles. The van der Waals surface area contributed by atoms with Crippen LogP contribution in [0.4, 0.5) is 0 Å². The van der Waals surface area contributed by atoms with Crippen LogP contribution in [0.15, 0.2) is 29.6 Å². The normalized spacial score (nSPS) is 17.3. The van der Waals surface area contributed by atoms with Crippen molar-refractivity contribution < 1.29 is 4.79 Å². The maximum atomic E-state index is 12.5. The molecular formula is C14H16N2OS. The van der Waals surface area contributed by atoms with Crippen LogP contribution in [0.25, 0.3) is 10.1 Å². The predicted molar refractivity (Wildman–Crippen MR) is 75.2 cm³/mol. The fourth-order valence-electron chi connectivity index (χ4n) is 2.34. The SMILES string of the molecule is CN1CCN(C(=O)c2cccc3ccsc23)CC1. The van der Waals surface area contributed by atoms with Gasteiger partial charge in [-0.1, -0.05) is 12.1 Å². The highest BCUT2D eigenvalue weighted by Gasteiger charge is 2.21. The third-order valence-electron chi connectivity index (χ3n) is 3.50. The van der Waals surface area contributed by atoms with Crippen molar-refractivity contribution in [3.05, 3.63) is 35.2 Å². The summed E-state index contributed by atoms with van der Waals surface area (Å²) in [6, 6.07) is 8.05. The molecule has 0 spiro atoms. The fourth-order valence-corrected chi connectivity index (χ4v) is 3.25. The lowest BCUT2D eigenvalue weighted by Crippen LogP contribution is -2.47. The number of piperazine rings is 1. The molecule has 1 fully saturated rings. The van der Waals surface area contributed by atoms with Gasteiger partial charge in [-0.05, 0) is 29.9 Å². The van der Waals surface area contributed by atoms with E-state index in [1.165, 1.54) is 5.39 Å². The van der Waals surface area contributed by atoms with Crippen LogP contribution >= 0.6 is 11.3 Å². The monoisotopic (exact) mass is 260 g/mol. The molecule has 1 aliphatic rings. The van der Waals surface area contributed by atoms with Crippen molar-refractivity contribution in [1.29, 1.82) is 0 Å². The van der Waals surface area contributed by atoms with E-state index in [0.717, 1.165) is 36.4 Å². The van der Waals surface area contributed by atoms with Crippen LogP contribution in [0.5, 0.6) is 0 Å². The van der Waals surface area contributed by atoms with E-state index in [9.17, 15) is 4.79 Å². The van der Waals surface area contributed by atoms with Crippen LogP contribution in [0.1, 0.15) is 10.4 Å². The number of amides is 1. The number of hydrogen-bond acceptors (Lipinski definition) is 3. The van der Waals surface area contributed by atoms with Gasteiger partial charge in [-0.3, -0.25) is 4.79 Å². The van der Waals surface area contributed by atoms with E-state index in [0.29, 0.717) is 0 Å². The van der Waals surface area contributed by atoms with Crippen LogP contribution in [0.2, 0.25) is 0 Å². The van der Waals surface area contributed by atoms with Gasteiger partial charge in [0.25, 0.3) is 5.91 Å². The molecule has 1 aliphatic heterocycles. The largest absolute Gasteiger partial charge is 0.336 e. The average molecular weight is 260 g/mol. The summed E-state index contributed by atoms with van der Waals surface area (Å²) < 4.78 is 1.11. The van der Waals surface area contributed by atoms with Gasteiger partial charge in [0.2, 0.25) is 0 Å². The second-order valence-corrected chi connectivity index (χ2v) is 5.66. The number of thiophene rings is 1. The molecule has 0 radical (unpaired) electrons. The summed E-state index contributed by atoms with van der Waals surface area (Å²) in [5.74, 6) is 0.177. The van der Waals surface area contributed by atoms with Gasteiger partial charge >= 0.3 is 0 Å². The van der Waals surface area contributed by atoms with Gasteiger partial charge in [0.1, 0.15) is 0 Å². The first-order valence-corrected chi connectivity index (χ1v) is 7.08.